The number of rotatable bonds is 3. The lowest BCUT2D eigenvalue weighted by Gasteiger charge is -2.10. The molecule has 0 bridgehead atoms. The van der Waals surface area contributed by atoms with Gasteiger partial charge in [0.05, 0.1) is 17.6 Å². The average molecular weight is 280 g/mol. The van der Waals surface area contributed by atoms with E-state index in [9.17, 15) is 4.79 Å². The van der Waals surface area contributed by atoms with Gasteiger partial charge in [0.25, 0.3) is 0 Å². The second-order valence-corrected chi connectivity index (χ2v) is 5.01. The monoisotopic (exact) mass is 280 g/mol. The number of aryl methyl sites for hydroxylation is 1. The van der Waals surface area contributed by atoms with Crippen LogP contribution in [0.2, 0.25) is 0 Å². The molecule has 0 spiro atoms. The number of aromatic nitrogens is 2. The summed E-state index contributed by atoms with van der Waals surface area (Å²) in [5, 5.41) is 0. The van der Waals surface area contributed by atoms with Crippen LogP contribution in [0.1, 0.15) is 21.7 Å². The zero-order valence-corrected chi connectivity index (χ0v) is 11.7. The van der Waals surface area contributed by atoms with Crippen LogP contribution in [-0.4, -0.2) is 15.5 Å². The molecule has 4 N–H and O–H groups in total. The lowest BCUT2D eigenvalue weighted by atomic mass is 10.1. The molecule has 0 aliphatic heterocycles. The summed E-state index contributed by atoms with van der Waals surface area (Å²) >= 11 is 0. The first-order valence-electron chi connectivity index (χ1n) is 6.66. The summed E-state index contributed by atoms with van der Waals surface area (Å²) < 4.78 is 2.10. The standard InChI is InChI=1S/C16H16N4O/c1-10-19-14-4-2-3-5-15(14)20(10)9-12-7-6-11(16(18)21)8-13(12)17/h2-8H,9,17H2,1H3,(H2,18,21). The molecule has 0 unspecified atom stereocenters. The third kappa shape index (κ3) is 2.33. The van der Waals surface area contributed by atoms with Crippen molar-refractivity contribution in [2.75, 3.05) is 5.73 Å². The van der Waals surface area contributed by atoms with E-state index in [1.165, 1.54) is 0 Å². The third-order valence-electron chi connectivity index (χ3n) is 3.60. The van der Waals surface area contributed by atoms with E-state index in [-0.39, 0.29) is 0 Å². The van der Waals surface area contributed by atoms with Crippen molar-refractivity contribution in [2.45, 2.75) is 13.5 Å². The van der Waals surface area contributed by atoms with Crippen LogP contribution in [0.3, 0.4) is 0 Å². The summed E-state index contributed by atoms with van der Waals surface area (Å²) in [6, 6.07) is 13.1. The molecule has 0 saturated heterocycles. The fourth-order valence-electron chi connectivity index (χ4n) is 2.46. The van der Waals surface area contributed by atoms with Gasteiger partial charge in [-0.3, -0.25) is 4.79 Å². The van der Waals surface area contributed by atoms with Crippen LogP contribution in [0, 0.1) is 6.92 Å². The van der Waals surface area contributed by atoms with Gasteiger partial charge in [-0.2, -0.15) is 0 Å². The molecule has 0 radical (unpaired) electrons. The largest absolute Gasteiger partial charge is 0.398 e. The number of hydrogen-bond donors (Lipinski definition) is 2. The van der Waals surface area contributed by atoms with Gasteiger partial charge in [0.15, 0.2) is 0 Å². The first kappa shape index (κ1) is 13.2. The van der Waals surface area contributed by atoms with Crippen molar-refractivity contribution < 1.29 is 4.79 Å². The molecule has 2 aromatic carbocycles. The van der Waals surface area contributed by atoms with Crippen molar-refractivity contribution in [2.24, 2.45) is 5.73 Å². The Bertz CT molecular complexity index is 835. The number of imidazole rings is 1. The van der Waals surface area contributed by atoms with E-state index in [2.05, 4.69) is 9.55 Å². The molecular formula is C16H16N4O. The van der Waals surface area contributed by atoms with Crippen LogP contribution in [0.25, 0.3) is 11.0 Å². The lowest BCUT2D eigenvalue weighted by molar-refractivity contribution is 0.100. The zero-order valence-electron chi connectivity index (χ0n) is 11.7. The average Bonchev–Trinajstić information content (AvgIpc) is 2.77. The molecule has 0 fully saturated rings. The molecule has 0 aliphatic rings. The molecule has 0 saturated carbocycles. The number of carbonyl (C=O) groups is 1. The Morgan fingerprint density at radius 3 is 2.71 bits per heavy atom. The van der Waals surface area contributed by atoms with Gasteiger partial charge in [0, 0.05) is 11.3 Å². The van der Waals surface area contributed by atoms with Crippen molar-refractivity contribution >= 4 is 22.6 Å². The van der Waals surface area contributed by atoms with Gasteiger partial charge >= 0.3 is 0 Å². The molecule has 0 aliphatic carbocycles. The summed E-state index contributed by atoms with van der Waals surface area (Å²) in [6.07, 6.45) is 0. The van der Waals surface area contributed by atoms with Gasteiger partial charge in [0.1, 0.15) is 5.82 Å². The Kier molecular flexibility index (Phi) is 3.10. The van der Waals surface area contributed by atoms with E-state index in [0.717, 1.165) is 22.4 Å². The molecule has 106 valence electrons. The number of amides is 1. The highest BCUT2D eigenvalue weighted by Gasteiger charge is 2.10. The number of fused-ring (bicyclic) bond motifs is 1. The number of nitrogens with zero attached hydrogens (tertiary/aromatic N) is 2. The Balaban J connectivity index is 2.03. The number of carbonyl (C=O) groups excluding carboxylic acids is 1. The number of anilines is 1. The Morgan fingerprint density at radius 2 is 2.00 bits per heavy atom. The molecular weight excluding hydrogens is 264 g/mol. The van der Waals surface area contributed by atoms with Gasteiger partial charge in [-0.05, 0) is 36.8 Å². The number of para-hydroxylation sites is 2. The maximum Gasteiger partial charge on any atom is 0.248 e. The molecule has 1 heterocycles. The fourth-order valence-corrected chi connectivity index (χ4v) is 2.46. The predicted octanol–water partition coefficient (Wildman–Crippen LogP) is 2.07. The summed E-state index contributed by atoms with van der Waals surface area (Å²) in [6.45, 7) is 2.57. The number of hydrogen-bond acceptors (Lipinski definition) is 3. The summed E-state index contributed by atoms with van der Waals surface area (Å²) in [4.78, 5) is 15.7. The topological polar surface area (TPSA) is 86.9 Å². The van der Waals surface area contributed by atoms with Crippen LogP contribution in [0.4, 0.5) is 5.69 Å². The van der Waals surface area contributed by atoms with Crippen LogP contribution >= 0.6 is 0 Å². The maximum atomic E-state index is 11.2. The van der Waals surface area contributed by atoms with Crippen molar-refractivity contribution in [1.29, 1.82) is 0 Å². The normalized spacial score (nSPS) is 10.9. The van der Waals surface area contributed by atoms with E-state index >= 15 is 0 Å². The summed E-state index contributed by atoms with van der Waals surface area (Å²) in [5.41, 5.74) is 15.2. The quantitative estimate of drug-likeness (QED) is 0.720. The number of benzene rings is 2. The van der Waals surface area contributed by atoms with E-state index in [1.807, 2.05) is 37.3 Å². The van der Waals surface area contributed by atoms with Gasteiger partial charge in [-0.25, -0.2) is 4.98 Å². The lowest BCUT2D eigenvalue weighted by Crippen LogP contribution is -2.12. The van der Waals surface area contributed by atoms with Crippen LogP contribution in [0.15, 0.2) is 42.5 Å². The molecule has 21 heavy (non-hydrogen) atoms. The highest BCUT2D eigenvalue weighted by atomic mass is 16.1. The van der Waals surface area contributed by atoms with Gasteiger partial charge in [0.2, 0.25) is 5.91 Å². The smallest absolute Gasteiger partial charge is 0.248 e. The molecule has 1 aromatic heterocycles. The molecule has 3 aromatic rings. The van der Waals surface area contributed by atoms with Gasteiger partial charge in [-0.15, -0.1) is 0 Å². The Hall–Kier alpha value is -2.82. The molecule has 0 atom stereocenters. The second-order valence-electron chi connectivity index (χ2n) is 5.01. The Morgan fingerprint density at radius 1 is 1.24 bits per heavy atom. The molecule has 5 heteroatoms. The minimum atomic E-state index is -0.475. The minimum Gasteiger partial charge on any atom is -0.398 e. The number of primary amides is 1. The van der Waals surface area contributed by atoms with E-state index in [4.69, 9.17) is 11.5 Å². The first-order valence-corrected chi connectivity index (χ1v) is 6.66. The Labute approximate surface area is 122 Å². The second kappa shape index (κ2) is 4.94. The van der Waals surface area contributed by atoms with Crippen molar-refractivity contribution in [3.05, 3.63) is 59.4 Å². The summed E-state index contributed by atoms with van der Waals surface area (Å²) in [7, 11) is 0. The van der Waals surface area contributed by atoms with Crippen molar-refractivity contribution in [3.63, 3.8) is 0 Å². The fraction of sp³-hybridized carbons (Fsp3) is 0.125. The highest BCUT2D eigenvalue weighted by molar-refractivity contribution is 5.93. The molecule has 1 amide bonds. The van der Waals surface area contributed by atoms with Crippen molar-refractivity contribution in [3.8, 4) is 0 Å². The van der Waals surface area contributed by atoms with Gasteiger partial charge in [-0.1, -0.05) is 18.2 Å². The minimum absolute atomic E-state index is 0.420. The third-order valence-corrected chi connectivity index (χ3v) is 3.60. The predicted molar refractivity (Wildman–Crippen MR) is 82.9 cm³/mol. The van der Waals surface area contributed by atoms with Crippen LogP contribution in [-0.2, 0) is 6.54 Å². The number of nitrogen functional groups attached to an aromatic ring is 1. The maximum absolute atomic E-state index is 11.2. The first-order chi connectivity index (χ1) is 10.1. The van der Waals surface area contributed by atoms with E-state index < -0.39 is 5.91 Å². The molecule has 3 rings (SSSR count). The van der Waals surface area contributed by atoms with Crippen molar-refractivity contribution in [1.82, 2.24) is 9.55 Å². The van der Waals surface area contributed by atoms with Gasteiger partial charge < -0.3 is 16.0 Å². The van der Waals surface area contributed by atoms with E-state index in [1.54, 1.807) is 12.1 Å². The number of nitrogens with two attached hydrogens (primary N) is 2. The molecule has 5 nitrogen and oxygen atoms in total. The summed E-state index contributed by atoms with van der Waals surface area (Å²) in [5.74, 6) is 0.451. The highest BCUT2D eigenvalue weighted by Crippen LogP contribution is 2.21. The van der Waals surface area contributed by atoms with E-state index in [0.29, 0.717) is 17.8 Å². The SMILES string of the molecule is Cc1nc2ccccc2n1Cc1ccc(C(N)=O)cc1N. The zero-order chi connectivity index (χ0) is 15.0. The van der Waals surface area contributed by atoms with Crippen LogP contribution < -0.4 is 11.5 Å². The van der Waals surface area contributed by atoms with Crippen LogP contribution in [0.5, 0.6) is 0 Å².